The van der Waals surface area contributed by atoms with Crippen LogP contribution in [-0.4, -0.2) is 13.2 Å². The lowest BCUT2D eigenvalue weighted by Crippen LogP contribution is -2.06. The molecule has 3 heteroatoms. The summed E-state index contributed by atoms with van der Waals surface area (Å²) in [4.78, 5) is 0. The van der Waals surface area contributed by atoms with Gasteiger partial charge in [0.05, 0.1) is 0 Å². The molecular formula is C12H16BrNO. The van der Waals surface area contributed by atoms with E-state index in [-0.39, 0.29) is 0 Å². The molecule has 15 heavy (non-hydrogen) atoms. The first kappa shape index (κ1) is 12.3. The summed E-state index contributed by atoms with van der Waals surface area (Å²) in [6.45, 7) is 6.93. The first-order valence-electron chi connectivity index (χ1n) is 4.89. The van der Waals surface area contributed by atoms with E-state index in [1.807, 2.05) is 25.1 Å². The second kappa shape index (κ2) is 5.93. The van der Waals surface area contributed by atoms with Crippen LogP contribution in [-0.2, 0) is 6.42 Å². The van der Waals surface area contributed by atoms with Crippen molar-refractivity contribution in [2.45, 2.75) is 13.3 Å². The SMILES string of the molecule is C=C(C)COc1ccc(Br)cc1CCN. The molecule has 2 nitrogen and oxygen atoms in total. The zero-order valence-electron chi connectivity index (χ0n) is 8.92. The van der Waals surface area contributed by atoms with Gasteiger partial charge in [0.15, 0.2) is 0 Å². The van der Waals surface area contributed by atoms with Gasteiger partial charge >= 0.3 is 0 Å². The molecule has 0 radical (unpaired) electrons. The summed E-state index contributed by atoms with van der Waals surface area (Å²) in [6, 6.07) is 5.96. The Morgan fingerprint density at radius 2 is 2.27 bits per heavy atom. The highest BCUT2D eigenvalue weighted by Gasteiger charge is 2.03. The molecule has 0 aromatic heterocycles. The lowest BCUT2D eigenvalue weighted by molar-refractivity contribution is 0.349. The van der Waals surface area contributed by atoms with Gasteiger partial charge in [-0.1, -0.05) is 22.5 Å². The van der Waals surface area contributed by atoms with Crippen LogP contribution in [0.4, 0.5) is 0 Å². The maximum Gasteiger partial charge on any atom is 0.123 e. The van der Waals surface area contributed by atoms with Gasteiger partial charge in [0.1, 0.15) is 12.4 Å². The molecule has 1 aromatic carbocycles. The highest BCUT2D eigenvalue weighted by molar-refractivity contribution is 9.10. The molecule has 82 valence electrons. The average Bonchev–Trinajstić information content (AvgIpc) is 2.17. The maximum absolute atomic E-state index is 5.63. The predicted molar refractivity (Wildman–Crippen MR) is 67.2 cm³/mol. The third-order valence-electron chi connectivity index (χ3n) is 1.91. The number of ether oxygens (including phenoxy) is 1. The van der Waals surface area contributed by atoms with E-state index in [4.69, 9.17) is 10.5 Å². The quantitative estimate of drug-likeness (QED) is 0.835. The average molecular weight is 270 g/mol. The molecule has 0 bridgehead atoms. The Bertz CT molecular complexity index is 349. The summed E-state index contributed by atoms with van der Waals surface area (Å²) >= 11 is 3.43. The van der Waals surface area contributed by atoms with Crippen molar-refractivity contribution in [1.82, 2.24) is 0 Å². The van der Waals surface area contributed by atoms with Crippen LogP contribution in [0.5, 0.6) is 5.75 Å². The third-order valence-corrected chi connectivity index (χ3v) is 2.40. The van der Waals surface area contributed by atoms with Gasteiger partial charge in [-0.05, 0) is 49.2 Å². The van der Waals surface area contributed by atoms with Crippen LogP contribution in [0.15, 0.2) is 34.8 Å². The van der Waals surface area contributed by atoms with E-state index in [1.54, 1.807) is 0 Å². The molecule has 1 rings (SSSR count). The first-order valence-corrected chi connectivity index (χ1v) is 5.68. The Labute approximate surface area is 99.3 Å². The second-order valence-corrected chi connectivity index (χ2v) is 4.45. The fourth-order valence-electron chi connectivity index (χ4n) is 1.24. The van der Waals surface area contributed by atoms with Crippen molar-refractivity contribution in [1.29, 1.82) is 0 Å². The fraction of sp³-hybridized carbons (Fsp3) is 0.333. The number of hydrogen-bond donors (Lipinski definition) is 1. The van der Waals surface area contributed by atoms with Crippen LogP contribution in [0.25, 0.3) is 0 Å². The minimum Gasteiger partial charge on any atom is -0.489 e. The monoisotopic (exact) mass is 269 g/mol. The summed E-state index contributed by atoms with van der Waals surface area (Å²) in [6.07, 6.45) is 0.824. The van der Waals surface area contributed by atoms with Crippen molar-refractivity contribution < 1.29 is 4.74 Å². The van der Waals surface area contributed by atoms with Crippen molar-refractivity contribution in [2.24, 2.45) is 5.73 Å². The van der Waals surface area contributed by atoms with Gasteiger partial charge in [-0.25, -0.2) is 0 Å². The molecule has 0 saturated heterocycles. The summed E-state index contributed by atoms with van der Waals surface area (Å²) in [7, 11) is 0. The van der Waals surface area contributed by atoms with Crippen LogP contribution < -0.4 is 10.5 Å². The number of hydrogen-bond acceptors (Lipinski definition) is 2. The zero-order chi connectivity index (χ0) is 11.3. The molecule has 0 aliphatic carbocycles. The highest BCUT2D eigenvalue weighted by Crippen LogP contribution is 2.23. The summed E-state index contributed by atoms with van der Waals surface area (Å²) in [5.74, 6) is 0.895. The number of benzene rings is 1. The standard InChI is InChI=1S/C12H16BrNO/c1-9(2)8-15-12-4-3-11(13)7-10(12)5-6-14/h3-4,7H,1,5-6,8,14H2,2H3. The number of rotatable bonds is 5. The molecule has 0 heterocycles. The van der Waals surface area contributed by atoms with Gasteiger partial charge in [0, 0.05) is 4.47 Å². The minimum atomic E-state index is 0.555. The van der Waals surface area contributed by atoms with Gasteiger partial charge in [0.25, 0.3) is 0 Å². The van der Waals surface area contributed by atoms with Crippen molar-refractivity contribution in [3.63, 3.8) is 0 Å². The molecule has 0 atom stereocenters. The molecule has 2 N–H and O–H groups in total. The first-order chi connectivity index (χ1) is 7.13. The molecule has 0 spiro atoms. The second-order valence-electron chi connectivity index (χ2n) is 3.54. The zero-order valence-corrected chi connectivity index (χ0v) is 10.5. The molecule has 0 aliphatic heterocycles. The molecule has 0 unspecified atom stereocenters. The van der Waals surface area contributed by atoms with Gasteiger partial charge < -0.3 is 10.5 Å². The molecular weight excluding hydrogens is 254 g/mol. The number of nitrogens with two attached hydrogens (primary N) is 1. The van der Waals surface area contributed by atoms with Gasteiger partial charge in [-0.15, -0.1) is 0 Å². The Hall–Kier alpha value is -0.800. The Kier molecular flexibility index (Phi) is 4.85. The van der Waals surface area contributed by atoms with Crippen molar-refractivity contribution in [3.8, 4) is 5.75 Å². The Balaban J connectivity index is 2.80. The minimum absolute atomic E-state index is 0.555. The Morgan fingerprint density at radius 3 is 2.87 bits per heavy atom. The van der Waals surface area contributed by atoms with E-state index < -0.39 is 0 Å². The van der Waals surface area contributed by atoms with Crippen LogP contribution in [0.2, 0.25) is 0 Å². The molecule has 1 aromatic rings. The predicted octanol–water partition coefficient (Wildman–Crippen LogP) is 2.91. The molecule has 0 aliphatic rings. The van der Waals surface area contributed by atoms with Crippen molar-refractivity contribution >= 4 is 15.9 Å². The fourth-order valence-corrected chi connectivity index (χ4v) is 1.65. The van der Waals surface area contributed by atoms with E-state index in [0.29, 0.717) is 13.2 Å². The van der Waals surface area contributed by atoms with Crippen LogP contribution in [0, 0.1) is 0 Å². The lowest BCUT2D eigenvalue weighted by Gasteiger charge is -2.11. The molecule has 0 fully saturated rings. The Morgan fingerprint density at radius 1 is 1.53 bits per heavy atom. The normalized spacial score (nSPS) is 10.1. The summed E-state index contributed by atoms with van der Waals surface area (Å²) in [5.41, 5.74) is 7.69. The lowest BCUT2D eigenvalue weighted by atomic mass is 10.1. The number of halogens is 1. The highest BCUT2D eigenvalue weighted by atomic mass is 79.9. The largest absolute Gasteiger partial charge is 0.489 e. The summed E-state index contributed by atoms with van der Waals surface area (Å²) < 4.78 is 6.68. The third kappa shape index (κ3) is 4.06. The summed E-state index contributed by atoms with van der Waals surface area (Å²) in [5, 5.41) is 0. The van der Waals surface area contributed by atoms with Crippen molar-refractivity contribution in [2.75, 3.05) is 13.2 Å². The molecule has 0 saturated carbocycles. The van der Waals surface area contributed by atoms with E-state index in [9.17, 15) is 0 Å². The maximum atomic E-state index is 5.63. The van der Waals surface area contributed by atoms with E-state index in [0.717, 1.165) is 27.8 Å². The smallest absolute Gasteiger partial charge is 0.123 e. The van der Waals surface area contributed by atoms with E-state index in [1.165, 1.54) is 0 Å². The topological polar surface area (TPSA) is 35.2 Å². The van der Waals surface area contributed by atoms with E-state index in [2.05, 4.69) is 22.5 Å². The van der Waals surface area contributed by atoms with Crippen LogP contribution in [0.1, 0.15) is 12.5 Å². The van der Waals surface area contributed by atoms with Crippen LogP contribution in [0.3, 0.4) is 0 Å². The van der Waals surface area contributed by atoms with Gasteiger partial charge in [-0.3, -0.25) is 0 Å². The van der Waals surface area contributed by atoms with Crippen molar-refractivity contribution in [3.05, 3.63) is 40.4 Å². The van der Waals surface area contributed by atoms with Crippen LogP contribution >= 0.6 is 15.9 Å². The van der Waals surface area contributed by atoms with Gasteiger partial charge in [-0.2, -0.15) is 0 Å². The van der Waals surface area contributed by atoms with E-state index >= 15 is 0 Å². The molecule has 0 amide bonds. The van der Waals surface area contributed by atoms with Gasteiger partial charge in [0.2, 0.25) is 0 Å².